The van der Waals surface area contributed by atoms with Gasteiger partial charge in [-0.05, 0) is 118 Å². The van der Waals surface area contributed by atoms with Gasteiger partial charge in [-0.25, -0.2) is 0 Å². The van der Waals surface area contributed by atoms with Gasteiger partial charge >= 0.3 is 0 Å². The van der Waals surface area contributed by atoms with Crippen molar-refractivity contribution >= 4 is 0 Å². The predicted molar refractivity (Wildman–Crippen MR) is 126 cm³/mol. The van der Waals surface area contributed by atoms with E-state index in [1.165, 1.54) is 16.7 Å². The maximum absolute atomic E-state index is 11.7. The lowest BCUT2D eigenvalue weighted by atomic mass is 9.52. The van der Waals surface area contributed by atoms with E-state index >= 15 is 0 Å². The number of fused-ring (bicyclic) bond motifs is 5. The van der Waals surface area contributed by atoms with E-state index in [9.17, 15) is 15.3 Å². The Morgan fingerprint density at radius 3 is 2.68 bits per heavy atom. The Morgan fingerprint density at radius 2 is 2.00 bits per heavy atom. The third-order valence-corrected chi connectivity index (χ3v) is 9.50. The first-order chi connectivity index (χ1) is 14.7. The van der Waals surface area contributed by atoms with E-state index in [2.05, 4.69) is 32.9 Å². The van der Waals surface area contributed by atoms with E-state index in [0.29, 0.717) is 29.4 Å². The fourth-order valence-corrected chi connectivity index (χ4v) is 7.95. The van der Waals surface area contributed by atoms with Gasteiger partial charge in [0.1, 0.15) is 5.75 Å². The number of benzene rings is 1. The summed E-state index contributed by atoms with van der Waals surface area (Å²) in [4.78, 5) is 0. The van der Waals surface area contributed by atoms with E-state index in [4.69, 9.17) is 0 Å². The summed E-state index contributed by atoms with van der Waals surface area (Å²) in [5.41, 5.74) is 3.26. The molecule has 3 aliphatic carbocycles. The molecule has 4 rings (SSSR count). The minimum absolute atomic E-state index is 0.146. The van der Waals surface area contributed by atoms with Crippen molar-refractivity contribution < 1.29 is 15.3 Å². The van der Waals surface area contributed by atoms with Crippen LogP contribution in [0.5, 0.6) is 5.75 Å². The lowest BCUT2D eigenvalue weighted by molar-refractivity contribution is -0.113. The topological polar surface area (TPSA) is 60.7 Å². The van der Waals surface area contributed by atoms with Gasteiger partial charge < -0.3 is 15.3 Å². The Kier molecular flexibility index (Phi) is 6.31. The molecule has 3 nitrogen and oxygen atoms in total. The first-order valence-corrected chi connectivity index (χ1v) is 12.5. The van der Waals surface area contributed by atoms with Crippen molar-refractivity contribution in [3.05, 3.63) is 41.0 Å². The second-order valence-corrected chi connectivity index (χ2v) is 11.2. The van der Waals surface area contributed by atoms with Gasteiger partial charge in [-0.2, -0.15) is 0 Å². The highest BCUT2D eigenvalue weighted by atomic mass is 16.3. The third-order valence-electron chi connectivity index (χ3n) is 9.50. The first-order valence-electron chi connectivity index (χ1n) is 12.5. The standard InChI is InChI=1S/C28H42O3/c1-5-19(18(2)3)12-14-27(4,31)26-11-10-25-24-8-6-20-16-21(30)7-9-22(20)23(24)13-15-28(25,26)17-29/h5,7,9,16,18,23-26,29-31H,6,8,10-15,17H2,1-4H3/b19-5+/t23-,24-,25+,26-,27+,28-/m1/s1. The zero-order valence-corrected chi connectivity index (χ0v) is 19.9. The first kappa shape index (κ1) is 22.9. The van der Waals surface area contributed by atoms with Crippen LogP contribution >= 0.6 is 0 Å². The monoisotopic (exact) mass is 426 g/mol. The predicted octanol–water partition coefficient (Wildman–Crippen LogP) is 5.97. The summed E-state index contributed by atoms with van der Waals surface area (Å²) in [5.74, 6) is 2.66. The summed E-state index contributed by atoms with van der Waals surface area (Å²) in [6.45, 7) is 8.80. The van der Waals surface area contributed by atoms with Crippen LogP contribution in [0, 0.1) is 29.1 Å². The number of aliphatic hydroxyl groups is 2. The minimum atomic E-state index is -0.744. The van der Waals surface area contributed by atoms with E-state index in [0.717, 1.165) is 51.4 Å². The molecular formula is C28H42O3. The number of aryl methyl sites for hydroxylation is 1. The molecule has 3 heteroatoms. The van der Waals surface area contributed by atoms with Crippen molar-refractivity contribution in [1.82, 2.24) is 0 Å². The number of aromatic hydroxyl groups is 1. The number of phenols is 1. The zero-order chi connectivity index (χ0) is 22.4. The van der Waals surface area contributed by atoms with Crippen LogP contribution in [0.3, 0.4) is 0 Å². The van der Waals surface area contributed by atoms with Gasteiger partial charge in [0.15, 0.2) is 0 Å². The SMILES string of the molecule is C/C=C(\CC[C@](C)(O)[C@H]1CC[C@H]2[C@@H]3CCc4cc(O)ccc4[C@H]3CC[C@@]21CO)C(C)C. The summed E-state index contributed by atoms with van der Waals surface area (Å²) in [6, 6.07) is 5.93. The van der Waals surface area contributed by atoms with Crippen LogP contribution in [-0.2, 0) is 6.42 Å². The van der Waals surface area contributed by atoms with Crippen LogP contribution in [0.25, 0.3) is 0 Å². The van der Waals surface area contributed by atoms with Gasteiger partial charge in [-0.3, -0.25) is 0 Å². The van der Waals surface area contributed by atoms with Crippen molar-refractivity contribution in [2.45, 2.75) is 90.6 Å². The number of aliphatic hydroxyl groups excluding tert-OH is 1. The number of hydrogen-bond acceptors (Lipinski definition) is 3. The molecule has 2 fully saturated rings. The second kappa shape index (κ2) is 8.56. The molecule has 0 aliphatic heterocycles. The molecule has 6 atom stereocenters. The second-order valence-electron chi connectivity index (χ2n) is 11.2. The van der Waals surface area contributed by atoms with Crippen LogP contribution in [0.1, 0.15) is 89.7 Å². The van der Waals surface area contributed by atoms with Gasteiger partial charge in [0.2, 0.25) is 0 Å². The van der Waals surface area contributed by atoms with E-state index in [1.54, 1.807) is 0 Å². The van der Waals surface area contributed by atoms with Gasteiger partial charge in [-0.1, -0.05) is 31.6 Å². The summed E-state index contributed by atoms with van der Waals surface area (Å²) in [7, 11) is 0. The normalized spacial score (nSPS) is 34.7. The summed E-state index contributed by atoms with van der Waals surface area (Å²) in [6.07, 6.45) is 10.3. The summed E-state index contributed by atoms with van der Waals surface area (Å²) in [5, 5.41) is 32.4. The van der Waals surface area contributed by atoms with Crippen molar-refractivity contribution in [1.29, 1.82) is 0 Å². The Bertz CT molecular complexity index is 824. The highest BCUT2D eigenvalue weighted by Gasteiger charge is 2.60. The Balaban J connectivity index is 1.57. The largest absolute Gasteiger partial charge is 0.508 e. The average Bonchev–Trinajstić information content (AvgIpc) is 3.14. The summed E-state index contributed by atoms with van der Waals surface area (Å²) < 4.78 is 0. The van der Waals surface area contributed by atoms with E-state index < -0.39 is 5.60 Å². The Morgan fingerprint density at radius 1 is 1.23 bits per heavy atom. The Hall–Kier alpha value is -1.32. The smallest absolute Gasteiger partial charge is 0.115 e. The molecule has 0 heterocycles. The maximum atomic E-state index is 11.7. The molecule has 31 heavy (non-hydrogen) atoms. The molecule has 0 saturated heterocycles. The maximum Gasteiger partial charge on any atom is 0.115 e. The van der Waals surface area contributed by atoms with Crippen LogP contribution < -0.4 is 0 Å². The van der Waals surface area contributed by atoms with Gasteiger partial charge in [-0.15, -0.1) is 0 Å². The summed E-state index contributed by atoms with van der Waals surface area (Å²) >= 11 is 0. The van der Waals surface area contributed by atoms with Gasteiger partial charge in [0.05, 0.1) is 5.60 Å². The lowest BCUT2D eigenvalue weighted by Crippen LogP contribution is -2.52. The lowest BCUT2D eigenvalue weighted by Gasteiger charge is -2.54. The number of phenolic OH excluding ortho intramolecular Hbond substituents is 1. The third kappa shape index (κ3) is 3.86. The number of hydrogen-bond donors (Lipinski definition) is 3. The molecule has 1 aromatic rings. The molecule has 0 aromatic heterocycles. The molecule has 172 valence electrons. The van der Waals surface area contributed by atoms with Crippen molar-refractivity contribution in [2.75, 3.05) is 6.61 Å². The highest BCUT2D eigenvalue weighted by Crippen LogP contribution is 2.65. The van der Waals surface area contributed by atoms with Crippen LogP contribution in [0.2, 0.25) is 0 Å². The molecule has 0 bridgehead atoms. The van der Waals surface area contributed by atoms with Crippen molar-refractivity contribution in [2.24, 2.45) is 29.1 Å². The molecule has 2 saturated carbocycles. The molecule has 0 amide bonds. The quantitative estimate of drug-likeness (QED) is 0.491. The molecular weight excluding hydrogens is 384 g/mol. The Labute approximate surface area is 188 Å². The highest BCUT2D eigenvalue weighted by molar-refractivity contribution is 5.40. The molecule has 0 unspecified atom stereocenters. The fraction of sp³-hybridized carbons (Fsp3) is 0.714. The number of rotatable bonds is 6. The van der Waals surface area contributed by atoms with Crippen molar-refractivity contribution in [3.8, 4) is 5.75 Å². The molecule has 1 aromatic carbocycles. The molecule has 3 N–H and O–H groups in total. The van der Waals surface area contributed by atoms with E-state index in [-0.39, 0.29) is 17.9 Å². The van der Waals surface area contributed by atoms with Crippen LogP contribution in [0.4, 0.5) is 0 Å². The fourth-order valence-electron chi connectivity index (χ4n) is 7.95. The number of allylic oxidation sites excluding steroid dienone is 2. The van der Waals surface area contributed by atoms with E-state index in [1.807, 2.05) is 19.1 Å². The molecule has 0 spiro atoms. The minimum Gasteiger partial charge on any atom is -0.508 e. The van der Waals surface area contributed by atoms with Gasteiger partial charge in [0, 0.05) is 12.0 Å². The van der Waals surface area contributed by atoms with Gasteiger partial charge in [0.25, 0.3) is 0 Å². The van der Waals surface area contributed by atoms with Crippen LogP contribution in [-0.4, -0.2) is 27.5 Å². The molecule has 3 aliphatic rings. The average molecular weight is 427 g/mol. The zero-order valence-electron chi connectivity index (χ0n) is 19.9. The van der Waals surface area contributed by atoms with Crippen molar-refractivity contribution in [3.63, 3.8) is 0 Å². The van der Waals surface area contributed by atoms with Crippen LogP contribution in [0.15, 0.2) is 29.8 Å². The molecule has 0 radical (unpaired) electrons.